The molecule has 1 unspecified atom stereocenters. The first-order valence-electron chi connectivity index (χ1n) is 8.94. The Morgan fingerprint density at radius 3 is 2.71 bits per heavy atom. The van der Waals surface area contributed by atoms with Gasteiger partial charge in [-0.1, -0.05) is 24.3 Å². The second-order valence-electron chi connectivity index (χ2n) is 6.46. The van der Waals surface area contributed by atoms with Crippen LogP contribution in [0.1, 0.15) is 24.9 Å². The van der Waals surface area contributed by atoms with Crippen molar-refractivity contribution in [3.05, 3.63) is 77.3 Å². The van der Waals surface area contributed by atoms with E-state index in [0.29, 0.717) is 11.1 Å². The summed E-state index contributed by atoms with van der Waals surface area (Å²) in [5.74, 6) is -0.587. The van der Waals surface area contributed by atoms with Gasteiger partial charge in [-0.3, -0.25) is 9.36 Å². The molecule has 8 nitrogen and oxygen atoms in total. The van der Waals surface area contributed by atoms with Crippen LogP contribution in [-0.4, -0.2) is 25.2 Å². The molecule has 0 saturated heterocycles. The largest absolute Gasteiger partial charge is 0.419 e. The van der Waals surface area contributed by atoms with E-state index in [-0.39, 0.29) is 24.9 Å². The molecule has 28 heavy (non-hydrogen) atoms. The van der Waals surface area contributed by atoms with Crippen LogP contribution in [0, 0.1) is 0 Å². The molecule has 2 heterocycles. The summed E-state index contributed by atoms with van der Waals surface area (Å²) in [6, 6.07) is 14.7. The highest BCUT2D eigenvalue weighted by Crippen LogP contribution is 2.16. The van der Waals surface area contributed by atoms with Crippen molar-refractivity contribution in [2.45, 2.75) is 25.9 Å². The molecule has 0 aliphatic carbocycles. The van der Waals surface area contributed by atoms with Crippen molar-refractivity contribution in [1.82, 2.24) is 24.6 Å². The molecule has 0 spiro atoms. The number of nitrogens with one attached hydrogen (secondary N) is 1. The fourth-order valence-corrected chi connectivity index (χ4v) is 3.09. The van der Waals surface area contributed by atoms with Crippen LogP contribution in [0.3, 0.4) is 0 Å². The molecule has 0 bridgehead atoms. The standard InChI is InChI=1S/C20H19N5O3/c1-14(15-6-8-16(9-7-15)25-13-21-12-22-25)23-19(26)10-11-24-17-4-2-3-5-18(17)28-20(24)27/h2-9,12-14H,10-11H2,1H3,(H,23,26). The van der Waals surface area contributed by atoms with Gasteiger partial charge in [-0.25, -0.2) is 14.5 Å². The Balaban J connectivity index is 1.38. The number of hydrogen-bond acceptors (Lipinski definition) is 5. The van der Waals surface area contributed by atoms with Crippen LogP contribution in [0.5, 0.6) is 0 Å². The molecular weight excluding hydrogens is 358 g/mol. The maximum absolute atomic E-state index is 12.3. The lowest BCUT2D eigenvalue weighted by atomic mass is 10.1. The van der Waals surface area contributed by atoms with Crippen molar-refractivity contribution in [3.8, 4) is 5.69 Å². The Labute approximate surface area is 160 Å². The number of carbonyl (C=O) groups is 1. The van der Waals surface area contributed by atoms with Crippen molar-refractivity contribution < 1.29 is 9.21 Å². The van der Waals surface area contributed by atoms with Crippen LogP contribution in [0.25, 0.3) is 16.8 Å². The van der Waals surface area contributed by atoms with Gasteiger partial charge in [-0.05, 0) is 36.8 Å². The van der Waals surface area contributed by atoms with Gasteiger partial charge in [0.2, 0.25) is 5.91 Å². The summed E-state index contributed by atoms with van der Waals surface area (Å²) in [4.78, 5) is 28.2. The summed E-state index contributed by atoms with van der Waals surface area (Å²) in [6.45, 7) is 2.18. The molecule has 142 valence electrons. The molecule has 2 aromatic heterocycles. The Bertz CT molecular complexity index is 1140. The van der Waals surface area contributed by atoms with E-state index < -0.39 is 5.76 Å². The zero-order chi connectivity index (χ0) is 19.5. The third-order valence-corrected chi connectivity index (χ3v) is 4.59. The lowest BCUT2D eigenvalue weighted by Crippen LogP contribution is -2.28. The minimum atomic E-state index is -0.453. The van der Waals surface area contributed by atoms with E-state index in [0.717, 1.165) is 11.3 Å². The van der Waals surface area contributed by atoms with E-state index in [2.05, 4.69) is 15.4 Å². The van der Waals surface area contributed by atoms with Crippen LogP contribution in [-0.2, 0) is 11.3 Å². The van der Waals surface area contributed by atoms with Crippen molar-refractivity contribution in [1.29, 1.82) is 0 Å². The van der Waals surface area contributed by atoms with Crippen molar-refractivity contribution in [2.24, 2.45) is 0 Å². The first-order valence-corrected chi connectivity index (χ1v) is 8.94. The Kier molecular flexibility index (Phi) is 4.76. The molecule has 1 atom stereocenters. The molecule has 1 N–H and O–H groups in total. The second kappa shape index (κ2) is 7.51. The minimum absolute atomic E-state index is 0.134. The van der Waals surface area contributed by atoms with Gasteiger partial charge in [0.1, 0.15) is 12.7 Å². The van der Waals surface area contributed by atoms with Crippen LogP contribution < -0.4 is 11.1 Å². The predicted molar refractivity (Wildman–Crippen MR) is 103 cm³/mol. The summed E-state index contributed by atoms with van der Waals surface area (Å²) in [5, 5.41) is 7.05. The van der Waals surface area contributed by atoms with E-state index in [1.807, 2.05) is 37.3 Å². The van der Waals surface area contributed by atoms with Gasteiger partial charge in [0.05, 0.1) is 17.2 Å². The van der Waals surface area contributed by atoms with E-state index in [1.54, 1.807) is 29.2 Å². The SMILES string of the molecule is CC(NC(=O)CCn1c(=O)oc2ccccc21)c1ccc(-n2cncn2)cc1. The molecule has 4 rings (SSSR count). The Morgan fingerprint density at radius 2 is 1.96 bits per heavy atom. The van der Waals surface area contributed by atoms with E-state index >= 15 is 0 Å². The minimum Gasteiger partial charge on any atom is -0.408 e. The number of aromatic nitrogens is 4. The molecule has 4 aromatic rings. The third kappa shape index (κ3) is 3.57. The van der Waals surface area contributed by atoms with Gasteiger partial charge in [-0.2, -0.15) is 5.10 Å². The number of fused-ring (bicyclic) bond motifs is 1. The van der Waals surface area contributed by atoms with Gasteiger partial charge in [0.15, 0.2) is 5.58 Å². The molecular formula is C20H19N5O3. The molecule has 0 radical (unpaired) electrons. The number of carbonyl (C=O) groups excluding carboxylic acids is 1. The van der Waals surface area contributed by atoms with E-state index in [4.69, 9.17) is 4.42 Å². The average molecular weight is 377 g/mol. The van der Waals surface area contributed by atoms with Gasteiger partial charge in [0, 0.05) is 13.0 Å². The van der Waals surface area contributed by atoms with Crippen LogP contribution in [0.15, 0.2) is 70.4 Å². The zero-order valence-corrected chi connectivity index (χ0v) is 15.3. The number of benzene rings is 2. The van der Waals surface area contributed by atoms with E-state index in [1.165, 1.54) is 10.9 Å². The summed E-state index contributed by atoms with van der Waals surface area (Å²) in [7, 11) is 0. The Hall–Kier alpha value is -3.68. The molecule has 8 heteroatoms. The number of nitrogens with zero attached hydrogens (tertiary/aromatic N) is 4. The van der Waals surface area contributed by atoms with Gasteiger partial charge in [0.25, 0.3) is 0 Å². The number of hydrogen-bond donors (Lipinski definition) is 1. The molecule has 0 saturated carbocycles. The number of oxazole rings is 1. The number of amides is 1. The van der Waals surface area contributed by atoms with Crippen molar-refractivity contribution >= 4 is 17.0 Å². The van der Waals surface area contributed by atoms with Gasteiger partial charge in [-0.15, -0.1) is 0 Å². The average Bonchev–Trinajstić information content (AvgIpc) is 3.34. The molecule has 0 fully saturated rings. The van der Waals surface area contributed by atoms with Crippen LogP contribution in [0.2, 0.25) is 0 Å². The fourth-order valence-electron chi connectivity index (χ4n) is 3.09. The van der Waals surface area contributed by atoms with Crippen LogP contribution in [0.4, 0.5) is 0 Å². The topological polar surface area (TPSA) is 95.0 Å². The summed E-state index contributed by atoms with van der Waals surface area (Å²) in [5.41, 5.74) is 3.08. The van der Waals surface area contributed by atoms with Crippen molar-refractivity contribution in [3.63, 3.8) is 0 Å². The molecule has 2 aromatic carbocycles. The van der Waals surface area contributed by atoms with Crippen LogP contribution >= 0.6 is 0 Å². The first kappa shape index (κ1) is 17.7. The highest BCUT2D eigenvalue weighted by Gasteiger charge is 2.13. The highest BCUT2D eigenvalue weighted by atomic mass is 16.4. The maximum atomic E-state index is 12.3. The lowest BCUT2D eigenvalue weighted by molar-refractivity contribution is -0.121. The highest BCUT2D eigenvalue weighted by molar-refractivity contribution is 5.77. The third-order valence-electron chi connectivity index (χ3n) is 4.59. The number of para-hydroxylation sites is 2. The molecule has 0 aliphatic rings. The zero-order valence-electron chi connectivity index (χ0n) is 15.3. The second-order valence-corrected chi connectivity index (χ2v) is 6.46. The summed E-state index contributed by atoms with van der Waals surface area (Å²) >= 11 is 0. The predicted octanol–water partition coefficient (Wildman–Crippen LogP) is 2.44. The smallest absolute Gasteiger partial charge is 0.408 e. The summed E-state index contributed by atoms with van der Waals surface area (Å²) < 4.78 is 8.33. The fraction of sp³-hybridized carbons (Fsp3) is 0.200. The quantitative estimate of drug-likeness (QED) is 0.557. The number of rotatable bonds is 6. The Morgan fingerprint density at radius 1 is 1.18 bits per heavy atom. The van der Waals surface area contributed by atoms with E-state index in [9.17, 15) is 9.59 Å². The normalized spacial score (nSPS) is 12.2. The van der Waals surface area contributed by atoms with Crippen molar-refractivity contribution in [2.75, 3.05) is 0 Å². The van der Waals surface area contributed by atoms with Gasteiger partial charge < -0.3 is 9.73 Å². The van der Waals surface area contributed by atoms with Gasteiger partial charge >= 0.3 is 5.76 Å². The maximum Gasteiger partial charge on any atom is 0.419 e. The summed E-state index contributed by atoms with van der Waals surface area (Å²) in [6.07, 6.45) is 3.29. The molecule has 1 amide bonds. The number of aryl methyl sites for hydroxylation is 1. The lowest BCUT2D eigenvalue weighted by Gasteiger charge is -2.15. The monoisotopic (exact) mass is 377 g/mol. The molecule has 0 aliphatic heterocycles. The first-order chi connectivity index (χ1) is 13.6.